The molecule has 2 amide bonds. The molecule has 2 aromatic heterocycles. The van der Waals surface area contributed by atoms with Gasteiger partial charge in [0.05, 0.1) is 24.5 Å². The van der Waals surface area contributed by atoms with Crippen molar-refractivity contribution in [3.05, 3.63) is 42.1 Å². The number of urea groups is 1. The topological polar surface area (TPSA) is 90.6 Å². The van der Waals surface area contributed by atoms with Crippen LogP contribution in [0.1, 0.15) is 17.3 Å². The van der Waals surface area contributed by atoms with Crippen molar-refractivity contribution in [2.24, 2.45) is 0 Å². The van der Waals surface area contributed by atoms with Crippen LogP contribution < -0.4 is 5.32 Å². The number of rotatable bonds is 6. The normalized spacial score (nSPS) is 18.8. The van der Waals surface area contributed by atoms with Gasteiger partial charge in [0, 0.05) is 77.7 Å². The van der Waals surface area contributed by atoms with Gasteiger partial charge in [0.1, 0.15) is 5.76 Å². The van der Waals surface area contributed by atoms with E-state index in [1.165, 1.54) is 0 Å². The van der Waals surface area contributed by atoms with E-state index in [4.69, 9.17) is 4.42 Å². The van der Waals surface area contributed by atoms with Crippen LogP contribution in [0.5, 0.6) is 0 Å². The zero-order chi connectivity index (χ0) is 19.3. The van der Waals surface area contributed by atoms with Gasteiger partial charge in [-0.15, -0.1) is 0 Å². The molecule has 150 valence electrons. The lowest BCUT2D eigenvalue weighted by Crippen LogP contribution is -2.62. The number of aryl methyl sites for hydroxylation is 1. The molecule has 0 radical (unpaired) electrons. The van der Waals surface area contributed by atoms with E-state index in [2.05, 4.69) is 30.1 Å². The molecule has 0 spiro atoms. The third-order valence-electron chi connectivity index (χ3n) is 5.29. The Morgan fingerprint density at radius 2 is 1.96 bits per heavy atom. The quantitative estimate of drug-likeness (QED) is 0.775. The average Bonchev–Trinajstić information content (AvgIpc) is 3.10. The molecule has 4 rings (SSSR count). The lowest BCUT2D eigenvalue weighted by molar-refractivity contribution is 0.0975. The first-order chi connectivity index (χ1) is 13.7. The number of carbonyl (C=O) groups excluding carboxylic acids is 1. The molecule has 9 heteroatoms. The van der Waals surface area contributed by atoms with Gasteiger partial charge >= 0.3 is 6.03 Å². The summed E-state index contributed by atoms with van der Waals surface area (Å²) in [5.41, 5.74) is 1.01. The van der Waals surface area contributed by atoms with Crippen LogP contribution in [0.2, 0.25) is 0 Å². The number of oxazole rings is 1. The van der Waals surface area contributed by atoms with Gasteiger partial charge in [0.25, 0.3) is 0 Å². The molecule has 2 aliphatic rings. The zero-order valence-corrected chi connectivity index (χ0v) is 16.3. The minimum absolute atomic E-state index is 0.0498. The Morgan fingerprint density at radius 1 is 1.14 bits per heavy atom. The molecule has 2 aromatic rings. The largest absolute Gasteiger partial charge is 0.445 e. The number of amides is 2. The van der Waals surface area contributed by atoms with Gasteiger partial charge in [-0.05, 0) is 0 Å². The predicted molar refractivity (Wildman–Crippen MR) is 103 cm³/mol. The fourth-order valence-electron chi connectivity index (χ4n) is 3.66. The molecule has 0 atom stereocenters. The highest BCUT2D eigenvalue weighted by Crippen LogP contribution is 2.14. The number of likely N-dealkylation sites (tertiary alicyclic amines) is 1. The molecule has 0 unspecified atom stereocenters. The van der Waals surface area contributed by atoms with Crippen LogP contribution in [0.15, 0.2) is 29.2 Å². The van der Waals surface area contributed by atoms with Gasteiger partial charge in [0.15, 0.2) is 5.89 Å². The van der Waals surface area contributed by atoms with Crippen molar-refractivity contribution in [3.63, 3.8) is 0 Å². The third-order valence-corrected chi connectivity index (χ3v) is 5.29. The average molecular weight is 385 g/mol. The fourth-order valence-corrected chi connectivity index (χ4v) is 3.66. The maximum absolute atomic E-state index is 12.5. The van der Waals surface area contributed by atoms with Crippen LogP contribution in [0.25, 0.3) is 0 Å². The Hall–Kier alpha value is -2.52. The molecule has 2 aliphatic heterocycles. The summed E-state index contributed by atoms with van der Waals surface area (Å²) in [5, 5.41) is 3.14. The van der Waals surface area contributed by atoms with Gasteiger partial charge in [-0.2, -0.15) is 0 Å². The second kappa shape index (κ2) is 8.66. The highest BCUT2D eigenvalue weighted by atomic mass is 16.4. The fraction of sp³-hybridized carbons (Fsp3) is 0.579. The van der Waals surface area contributed by atoms with E-state index in [1.54, 1.807) is 18.6 Å². The van der Waals surface area contributed by atoms with Gasteiger partial charge in [-0.25, -0.2) is 9.78 Å². The van der Waals surface area contributed by atoms with E-state index < -0.39 is 0 Å². The Bertz CT molecular complexity index is 768. The van der Waals surface area contributed by atoms with Crippen LogP contribution in [0.3, 0.4) is 0 Å². The molecule has 0 saturated carbocycles. The summed E-state index contributed by atoms with van der Waals surface area (Å²) in [4.78, 5) is 31.6. The molecule has 2 saturated heterocycles. The first kappa shape index (κ1) is 18.8. The van der Waals surface area contributed by atoms with Gasteiger partial charge in [0.2, 0.25) is 0 Å². The van der Waals surface area contributed by atoms with Crippen molar-refractivity contribution in [2.45, 2.75) is 25.9 Å². The molecule has 0 aromatic carbocycles. The van der Waals surface area contributed by atoms with Crippen molar-refractivity contribution in [2.75, 3.05) is 45.8 Å². The monoisotopic (exact) mass is 385 g/mol. The van der Waals surface area contributed by atoms with E-state index in [1.807, 2.05) is 18.0 Å². The SMILES string of the molecule is Cc1ncc(CN2CC(NC(=O)N3CCN(CCc4cnccn4)CC3)C2)o1. The molecular formula is C19H27N7O2. The zero-order valence-electron chi connectivity index (χ0n) is 16.3. The molecule has 0 bridgehead atoms. The summed E-state index contributed by atoms with van der Waals surface area (Å²) in [6.45, 7) is 8.57. The second-order valence-corrected chi connectivity index (χ2v) is 7.46. The lowest BCUT2D eigenvalue weighted by Gasteiger charge is -2.41. The van der Waals surface area contributed by atoms with Crippen molar-refractivity contribution < 1.29 is 9.21 Å². The Kier molecular flexibility index (Phi) is 5.82. The first-order valence-corrected chi connectivity index (χ1v) is 9.82. The van der Waals surface area contributed by atoms with Crippen molar-refractivity contribution in [1.82, 2.24) is 35.0 Å². The molecular weight excluding hydrogens is 358 g/mol. The summed E-state index contributed by atoms with van der Waals surface area (Å²) in [6, 6.07) is 0.264. The van der Waals surface area contributed by atoms with Gasteiger partial charge in [-0.3, -0.25) is 19.8 Å². The van der Waals surface area contributed by atoms with Crippen molar-refractivity contribution >= 4 is 6.03 Å². The summed E-state index contributed by atoms with van der Waals surface area (Å²) in [6.07, 6.45) is 7.89. The first-order valence-electron chi connectivity index (χ1n) is 9.82. The van der Waals surface area contributed by atoms with Crippen LogP contribution >= 0.6 is 0 Å². The van der Waals surface area contributed by atoms with E-state index in [0.29, 0.717) is 5.89 Å². The summed E-state index contributed by atoms with van der Waals surface area (Å²) >= 11 is 0. The molecule has 1 N–H and O–H groups in total. The number of hydrogen-bond donors (Lipinski definition) is 1. The van der Waals surface area contributed by atoms with Crippen molar-refractivity contribution in [3.8, 4) is 0 Å². The van der Waals surface area contributed by atoms with E-state index >= 15 is 0 Å². The van der Waals surface area contributed by atoms with Crippen molar-refractivity contribution in [1.29, 1.82) is 0 Å². The van der Waals surface area contributed by atoms with Crippen LogP contribution in [0, 0.1) is 6.92 Å². The lowest BCUT2D eigenvalue weighted by atomic mass is 10.1. The Labute approximate surface area is 164 Å². The van der Waals surface area contributed by atoms with E-state index in [-0.39, 0.29) is 12.1 Å². The maximum Gasteiger partial charge on any atom is 0.317 e. The van der Waals surface area contributed by atoms with Gasteiger partial charge < -0.3 is 14.6 Å². The summed E-state index contributed by atoms with van der Waals surface area (Å²) in [5.74, 6) is 1.57. The highest BCUT2D eigenvalue weighted by Gasteiger charge is 2.30. The maximum atomic E-state index is 12.5. The molecule has 2 fully saturated rings. The van der Waals surface area contributed by atoms with Crippen LogP contribution in [-0.4, -0.2) is 87.5 Å². The van der Waals surface area contributed by atoms with Gasteiger partial charge in [-0.1, -0.05) is 0 Å². The summed E-state index contributed by atoms with van der Waals surface area (Å²) < 4.78 is 5.50. The highest BCUT2D eigenvalue weighted by molar-refractivity contribution is 5.74. The smallest absolute Gasteiger partial charge is 0.317 e. The van der Waals surface area contributed by atoms with Crippen LogP contribution in [0.4, 0.5) is 4.79 Å². The number of nitrogens with zero attached hydrogens (tertiary/aromatic N) is 6. The number of piperazine rings is 1. The molecule has 4 heterocycles. The third kappa shape index (κ3) is 4.85. The second-order valence-electron chi connectivity index (χ2n) is 7.46. The number of aromatic nitrogens is 3. The number of carbonyl (C=O) groups is 1. The number of nitrogens with one attached hydrogen (secondary N) is 1. The predicted octanol–water partition coefficient (Wildman–Crippen LogP) is 0.527. The summed E-state index contributed by atoms with van der Waals surface area (Å²) in [7, 11) is 0. The molecule has 9 nitrogen and oxygen atoms in total. The Morgan fingerprint density at radius 3 is 2.64 bits per heavy atom. The Balaban J connectivity index is 1.12. The molecule has 28 heavy (non-hydrogen) atoms. The van der Waals surface area contributed by atoms with E-state index in [9.17, 15) is 4.79 Å². The van der Waals surface area contributed by atoms with E-state index in [0.717, 1.165) is 70.2 Å². The minimum atomic E-state index is 0.0498. The standard InChI is InChI=1S/C19H27N7O2/c1-15-22-11-18(28-15)14-25-12-17(13-25)23-19(27)26-8-6-24(7-9-26)5-2-16-10-20-3-4-21-16/h3-4,10-11,17H,2,5-9,12-14H2,1H3,(H,23,27). The molecule has 0 aliphatic carbocycles. The van der Waals surface area contributed by atoms with Crippen LogP contribution in [-0.2, 0) is 13.0 Å². The number of hydrogen-bond acceptors (Lipinski definition) is 7. The minimum Gasteiger partial charge on any atom is -0.445 e.